The van der Waals surface area contributed by atoms with Gasteiger partial charge in [0, 0.05) is 10.0 Å². The molecule has 0 atom stereocenters. The van der Waals surface area contributed by atoms with Gasteiger partial charge in [-0.2, -0.15) is 0 Å². The highest BCUT2D eigenvalue weighted by Gasteiger charge is 2.23. The number of nitrogens with one attached hydrogen (secondary N) is 1. The molecule has 0 aromatic heterocycles. The van der Waals surface area contributed by atoms with Crippen molar-refractivity contribution in [2.45, 2.75) is 0 Å². The van der Waals surface area contributed by atoms with Crippen molar-refractivity contribution in [1.29, 1.82) is 0 Å². The van der Waals surface area contributed by atoms with Gasteiger partial charge in [0.15, 0.2) is 5.76 Å². The number of carbonyl (C=O) groups excluding carboxylic acids is 2. The molecule has 1 heterocycles. The highest BCUT2D eigenvalue weighted by Crippen LogP contribution is 2.25. The topological polar surface area (TPSA) is 55.4 Å². The van der Waals surface area contributed by atoms with E-state index in [0.29, 0.717) is 15.8 Å². The zero-order chi connectivity index (χ0) is 11.7. The molecule has 0 aliphatic carbocycles. The first-order chi connectivity index (χ1) is 7.54. The molecule has 2 rings (SSSR count). The third-order valence-corrected chi connectivity index (χ3v) is 2.22. The summed E-state index contributed by atoms with van der Waals surface area (Å²) in [5.74, 6) is -0.869. The van der Waals surface area contributed by atoms with E-state index in [2.05, 4.69) is 5.32 Å². The van der Waals surface area contributed by atoms with Gasteiger partial charge in [0.05, 0.1) is 6.08 Å². The highest BCUT2D eigenvalue weighted by molar-refractivity contribution is 6.34. The molecule has 90 valence electrons. The Hall–Kier alpha value is -1.23. The summed E-state index contributed by atoms with van der Waals surface area (Å²) >= 11 is 11.5. The van der Waals surface area contributed by atoms with Crippen LogP contribution < -0.4 is 10.1 Å². The van der Waals surface area contributed by atoms with Crippen molar-refractivity contribution in [3.8, 4) is 5.75 Å². The summed E-state index contributed by atoms with van der Waals surface area (Å²) in [6, 6.07) is 4.51. The number of carbonyl (C=O) groups is 2. The monoisotopic (exact) mass is 293 g/mol. The Morgan fingerprint density at radius 1 is 1.06 bits per heavy atom. The van der Waals surface area contributed by atoms with E-state index in [-0.39, 0.29) is 18.2 Å². The van der Waals surface area contributed by atoms with Crippen LogP contribution in [0.25, 0.3) is 0 Å². The van der Waals surface area contributed by atoms with Crippen LogP contribution in [0.15, 0.2) is 30.0 Å². The fourth-order valence-electron chi connectivity index (χ4n) is 1.18. The van der Waals surface area contributed by atoms with Gasteiger partial charge in [-0.1, -0.05) is 23.2 Å². The summed E-state index contributed by atoms with van der Waals surface area (Å²) in [5.41, 5.74) is 0. The van der Waals surface area contributed by atoms with Gasteiger partial charge in [-0.3, -0.25) is 14.9 Å². The summed E-state index contributed by atoms with van der Waals surface area (Å²) in [5, 5.41) is 2.82. The van der Waals surface area contributed by atoms with Crippen LogP contribution in [0.4, 0.5) is 0 Å². The fraction of sp³-hybridized carbons (Fsp3) is 0. The van der Waals surface area contributed by atoms with E-state index in [9.17, 15) is 9.59 Å². The molecule has 1 aliphatic rings. The number of halogens is 3. The van der Waals surface area contributed by atoms with Gasteiger partial charge in [-0.05, 0) is 18.2 Å². The lowest BCUT2D eigenvalue weighted by molar-refractivity contribution is -0.124. The molecule has 0 spiro atoms. The molecule has 0 saturated carbocycles. The molecule has 2 amide bonds. The maximum atomic E-state index is 11.2. The van der Waals surface area contributed by atoms with Gasteiger partial charge in [0.25, 0.3) is 11.8 Å². The van der Waals surface area contributed by atoms with Crippen LogP contribution in [-0.4, -0.2) is 11.8 Å². The lowest BCUT2D eigenvalue weighted by Crippen LogP contribution is -2.23. The number of ether oxygens (including phenoxy) is 1. The molecule has 4 nitrogen and oxygen atoms in total. The number of hydrogen-bond donors (Lipinski definition) is 1. The maximum Gasteiger partial charge on any atom is 0.294 e. The van der Waals surface area contributed by atoms with Gasteiger partial charge in [0.1, 0.15) is 5.75 Å². The van der Waals surface area contributed by atoms with Gasteiger partial charge in [-0.25, -0.2) is 0 Å². The van der Waals surface area contributed by atoms with E-state index in [4.69, 9.17) is 27.9 Å². The van der Waals surface area contributed by atoms with E-state index in [0.717, 1.165) is 6.08 Å². The molecule has 1 N–H and O–H groups in total. The smallest absolute Gasteiger partial charge is 0.294 e. The van der Waals surface area contributed by atoms with Crippen molar-refractivity contribution in [2.24, 2.45) is 0 Å². The predicted molar refractivity (Wildman–Crippen MR) is 65.6 cm³/mol. The highest BCUT2D eigenvalue weighted by atomic mass is 35.5. The Kier molecular flexibility index (Phi) is 4.40. The first kappa shape index (κ1) is 13.8. The number of imide groups is 1. The number of amides is 2. The van der Waals surface area contributed by atoms with Crippen molar-refractivity contribution >= 4 is 47.4 Å². The second kappa shape index (κ2) is 5.40. The summed E-state index contributed by atoms with van der Waals surface area (Å²) in [6.07, 6.45) is 1.07. The van der Waals surface area contributed by atoms with Crippen molar-refractivity contribution < 1.29 is 14.3 Å². The van der Waals surface area contributed by atoms with Crippen LogP contribution in [0, 0.1) is 0 Å². The first-order valence-electron chi connectivity index (χ1n) is 4.25. The first-order valence-corrected chi connectivity index (χ1v) is 5.01. The molecule has 0 bridgehead atoms. The van der Waals surface area contributed by atoms with Crippen LogP contribution in [0.2, 0.25) is 10.0 Å². The molecular formula is C10H6Cl3NO3. The van der Waals surface area contributed by atoms with Crippen LogP contribution >= 0.6 is 35.6 Å². The summed E-state index contributed by atoms with van der Waals surface area (Å²) < 4.78 is 5.18. The lowest BCUT2D eigenvalue weighted by Gasteiger charge is -2.05. The Bertz CT molecular complexity index is 493. The van der Waals surface area contributed by atoms with Crippen molar-refractivity contribution in [3.63, 3.8) is 0 Å². The zero-order valence-corrected chi connectivity index (χ0v) is 10.5. The summed E-state index contributed by atoms with van der Waals surface area (Å²) in [4.78, 5) is 22.0. The summed E-state index contributed by atoms with van der Waals surface area (Å²) in [6.45, 7) is 0. The minimum absolute atomic E-state index is 0. The van der Waals surface area contributed by atoms with Gasteiger partial charge in [0.2, 0.25) is 0 Å². The van der Waals surface area contributed by atoms with Crippen LogP contribution in [-0.2, 0) is 9.59 Å². The molecule has 0 fully saturated rings. The van der Waals surface area contributed by atoms with E-state index in [1.165, 1.54) is 18.2 Å². The predicted octanol–water partition coefficient (Wildman–Crippen LogP) is 2.33. The molecular weight excluding hydrogens is 288 g/mol. The standard InChI is InChI=1S/C10H5Cl2NO3.ClH/c11-5-1-6(12)3-7(2-5)16-8-4-9(14)13-10(8)15;/h1-4H,(H,13,14,15);1H. The van der Waals surface area contributed by atoms with E-state index < -0.39 is 11.8 Å². The van der Waals surface area contributed by atoms with Gasteiger partial charge in [-0.15, -0.1) is 12.4 Å². The second-order valence-electron chi connectivity index (χ2n) is 3.03. The van der Waals surface area contributed by atoms with Gasteiger partial charge >= 0.3 is 0 Å². The number of benzene rings is 1. The van der Waals surface area contributed by atoms with Gasteiger partial charge < -0.3 is 4.74 Å². The molecule has 1 aromatic carbocycles. The molecule has 1 aromatic rings. The normalized spacial score (nSPS) is 13.9. The quantitative estimate of drug-likeness (QED) is 0.852. The average Bonchev–Trinajstić information content (AvgIpc) is 2.43. The molecule has 0 saturated heterocycles. The van der Waals surface area contributed by atoms with Crippen molar-refractivity contribution in [2.75, 3.05) is 0 Å². The Morgan fingerprint density at radius 3 is 2.12 bits per heavy atom. The van der Waals surface area contributed by atoms with Crippen LogP contribution in [0.1, 0.15) is 0 Å². The summed E-state index contributed by atoms with van der Waals surface area (Å²) in [7, 11) is 0. The van der Waals surface area contributed by atoms with E-state index >= 15 is 0 Å². The van der Waals surface area contributed by atoms with Crippen molar-refractivity contribution in [1.82, 2.24) is 5.32 Å². The van der Waals surface area contributed by atoms with Crippen molar-refractivity contribution in [3.05, 3.63) is 40.1 Å². The third kappa shape index (κ3) is 3.36. The minimum atomic E-state index is -0.582. The minimum Gasteiger partial charge on any atom is -0.451 e. The molecule has 1 aliphatic heterocycles. The fourth-order valence-corrected chi connectivity index (χ4v) is 1.69. The number of hydrogen-bond acceptors (Lipinski definition) is 3. The van der Waals surface area contributed by atoms with Crippen LogP contribution in [0.5, 0.6) is 5.75 Å². The number of rotatable bonds is 2. The SMILES string of the molecule is Cl.O=C1C=C(Oc2cc(Cl)cc(Cl)c2)C(=O)N1. The maximum absolute atomic E-state index is 11.2. The van der Waals surface area contributed by atoms with E-state index in [1.54, 1.807) is 0 Å². The molecule has 17 heavy (non-hydrogen) atoms. The zero-order valence-electron chi connectivity index (χ0n) is 8.20. The third-order valence-electron chi connectivity index (χ3n) is 1.79. The Labute approximate surface area is 113 Å². The molecule has 0 radical (unpaired) electrons. The largest absolute Gasteiger partial charge is 0.451 e. The Balaban J connectivity index is 0.00000144. The second-order valence-corrected chi connectivity index (χ2v) is 3.91. The van der Waals surface area contributed by atoms with E-state index in [1.807, 2.05) is 0 Å². The Morgan fingerprint density at radius 2 is 1.65 bits per heavy atom. The van der Waals surface area contributed by atoms with Crippen LogP contribution in [0.3, 0.4) is 0 Å². The average molecular weight is 295 g/mol. The molecule has 7 heteroatoms. The lowest BCUT2D eigenvalue weighted by atomic mass is 10.3. The molecule has 0 unspecified atom stereocenters.